The van der Waals surface area contributed by atoms with Crippen molar-refractivity contribution < 1.29 is 4.79 Å². The van der Waals surface area contributed by atoms with E-state index in [0.29, 0.717) is 11.3 Å². The molecular weight excluding hydrogens is 276 g/mol. The van der Waals surface area contributed by atoms with Gasteiger partial charge in [-0.2, -0.15) is 0 Å². The lowest BCUT2D eigenvalue weighted by Crippen LogP contribution is -2.12. The average Bonchev–Trinajstić information content (AvgIpc) is 3.03. The molecule has 0 bridgehead atoms. The van der Waals surface area contributed by atoms with Crippen LogP contribution >= 0.6 is 0 Å². The molecule has 0 spiro atoms. The number of aromatic nitrogens is 3. The zero-order valence-corrected chi connectivity index (χ0v) is 11.6. The van der Waals surface area contributed by atoms with Crippen LogP contribution in [0.2, 0.25) is 0 Å². The number of nitrogens with zero attached hydrogens (tertiary/aromatic N) is 2. The number of benzene rings is 2. The molecule has 0 aliphatic carbocycles. The highest BCUT2D eigenvalue weighted by atomic mass is 16.1. The van der Waals surface area contributed by atoms with Gasteiger partial charge in [-0.25, -0.2) is 0 Å². The van der Waals surface area contributed by atoms with Crippen LogP contribution in [0.1, 0.15) is 10.4 Å². The van der Waals surface area contributed by atoms with Gasteiger partial charge in [0, 0.05) is 40.7 Å². The van der Waals surface area contributed by atoms with Crippen LogP contribution in [0.3, 0.4) is 0 Å². The summed E-state index contributed by atoms with van der Waals surface area (Å²) >= 11 is 0. The number of hydrogen-bond acceptors (Lipinski definition) is 3. The lowest BCUT2D eigenvalue weighted by Gasteiger charge is -2.07. The molecule has 0 unspecified atom stereocenters. The van der Waals surface area contributed by atoms with E-state index >= 15 is 0 Å². The molecular formula is C17H12N4O. The minimum Gasteiger partial charge on any atom is -0.361 e. The van der Waals surface area contributed by atoms with Crippen LogP contribution in [0.15, 0.2) is 61.1 Å². The smallest absolute Gasteiger partial charge is 0.256 e. The van der Waals surface area contributed by atoms with E-state index in [1.807, 2.05) is 48.7 Å². The highest BCUT2D eigenvalue weighted by Gasteiger charge is 2.11. The molecule has 2 heterocycles. The number of anilines is 1. The highest BCUT2D eigenvalue weighted by Crippen LogP contribution is 2.20. The summed E-state index contributed by atoms with van der Waals surface area (Å²) in [4.78, 5) is 24.1. The maximum atomic E-state index is 12.5. The van der Waals surface area contributed by atoms with Crippen molar-refractivity contribution in [3.05, 3.63) is 66.6 Å². The van der Waals surface area contributed by atoms with Gasteiger partial charge in [-0.15, -0.1) is 0 Å². The summed E-state index contributed by atoms with van der Waals surface area (Å²) in [5.74, 6) is -0.145. The van der Waals surface area contributed by atoms with Gasteiger partial charge < -0.3 is 10.3 Å². The Morgan fingerprint density at radius 2 is 1.86 bits per heavy atom. The predicted molar refractivity (Wildman–Crippen MR) is 85.8 cm³/mol. The molecule has 0 atom stereocenters. The highest BCUT2D eigenvalue weighted by molar-refractivity contribution is 6.12. The first-order valence-corrected chi connectivity index (χ1v) is 6.89. The number of fused-ring (bicyclic) bond motifs is 2. The van der Waals surface area contributed by atoms with Crippen molar-refractivity contribution >= 4 is 33.5 Å². The molecule has 0 aliphatic heterocycles. The maximum Gasteiger partial charge on any atom is 0.256 e. The standard InChI is InChI=1S/C17H12N4O/c22-17(13-2-1-3-14-12(13)6-7-18-14)21-11-4-5-15-16(10-11)20-9-8-19-15/h1-10,18H,(H,21,22). The molecule has 5 heteroatoms. The third-order valence-electron chi connectivity index (χ3n) is 3.57. The zero-order valence-electron chi connectivity index (χ0n) is 11.6. The number of nitrogens with one attached hydrogen (secondary N) is 2. The van der Waals surface area contributed by atoms with Crippen molar-refractivity contribution in [1.29, 1.82) is 0 Å². The summed E-state index contributed by atoms with van der Waals surface area (Å²) in [6, 6.07) is 13.0. The van der Waals surface area contributed by atoms with E-state index in [2.05, 4.69) is 20.3 Å². The van der Waals surface area contributed by atoms with Gasteiger partial charge in [0.05, 0.1) is 11.0 Å². The number of aromatic amines is 1. The lowest BCUT2D eigenvalue weighted by molar-refractivity contribution is 0.102. The minimum absolute atomic E-state index is 0.145. The third kappa shape index (κ3) is 2.09. The van der Waals surface area contributed by atoms with Crippen LogP contribution in [-0.2, 0) is 0 Å². The number of rotatable bonds is 2. The molecule has 4 rings (SSSR count). The van der Waals surface area contributed by atoms with Gasteiger partial charge in [0.25, 0.3) is 5.91 Å². The van der Waals surface area contributed by atoms with E-state index in [9.17, 15) is 4.79 Å². The van der Waals surface area contributed by atoms with E-state index in [4.69, 9.17) is 0 Å². The SMILES string of the molecule is O=C(Nc1ccc2nccnc2c1)c1cccc2[nH]ccc12. The van der Waals surface area contributed by atoms with Crippen molar-refractivity contribution in [2.45, 2.75) is 0 Å². The summed E-state index contributed by atoms with van der Waals surface area (Å²) in [5, 5.41) is 3.82. The van der Waals surface area contributed by atoms with Crippen LogP contribution < -0.4 is 5.32 Å². The van der Waals surface area contributed by atoms with Crippen molar-refractivity contribution in [1.82, 2.24) is 15.0 Å². The lowest BCUT2D eigenvalue weighted by atomic mass is 10.1. The number of amides is 1. The third-order valence-corrected chi connectivity index (χ3v) is 3.57. The molecule has 0 saturated heterocycles. The Balaban J connectivity index is 1.69. The topological polar surface area (TPSA) is 70.7 Å². The maximum absolute atomic E-state index is 12.5. The van der Waals surface area contributed by atoms with Gasteiger partial charge in [-0.1, -0.05) is 6.07 Å². The van der Waals surface area contributed by atoms with E-state index < -0.39 is 0 Å². The van der Waals surface area contributed by atoms with Crippen LogP contribution in [0, 0.1) is 0 Å². The first-order valence-electron chi connectivity index (χ1n) is 6.89. The second-order valence-electron chi connectivity index (χ2n) is 4.96. The molecule has 0 fully saturated rings. The Hall–Kier alpha value is -3.21. The first-order chi connectivity index (χ1) is 10.8. The van der Waals surface area contributed by atoms with Gasteiger partial charge in [-0.3, -0.25) is 14.8 Å². The van der Waals surface area contributed by atoms with Gasteiger partial charge >= 0.3 is 0 Å². The molecule has 0 radical (unpaired) electrons. The molecule has 0 saturated carbocycles. The second kappa shape index (κ2) is 4.96. The molecule has 4 aromatic rings. The van der Waals surface area contributed by atoms with Gasteiger partial charge in [0.2, 0.25) is 0 Å². The largest absolute Gasteiger partial charge is 0.361 e. The van der Waals surface area contributed by atoms with Crippen molar-refractivity contribution in [2.75, 3.05) is 5.32 Å². The number of carbonyl (C=O) groups excluding carboxylic acids is 1. The van der Waals surface area contributed by atoms with Crippen molar-refractivity contribution in [2.24, 2.45) is 0 Å². The first kappa shape index (κ1) is 12.5. The van der Waals surface area contributed by atoms with Gasteiger partial charge in [-0.05, 0) is 36.4 Å². The van der Waals surface area contributed by atoms with E-state index in [-0.39, 0.29) is 5.91 Å². The molecule has 1 amide bonds. The van der Waals surface area contributed by atoms with Crippen LogP contribution in [0.25, 0.3) is 21.9 Å². The summed E-state index contributed by atoms with van der Waals surface area (Å²) < 4.78 is 0. The Morgan fingerprint density at radius 3 is 2.77 bits per heavy atom. The summed E-state index contributed by atoms with van der Waals surface area (Å²) in [5.41, 5.74) is 3.83. The fourth-order valence-electron chi connectivity index (χ4n) is 2.52. The molecule has 2 aromatic heterocycles. The normalized spacial score (nSPS) is 10.9. The van der Waals surface area contributed by atoms with E-state index in [0.717, 1.165) is 21.9 Å². The predicted octanol–water partition coefficient (Wildman–Crippen LogP) is 3.36. The van der Waals surface area contributed by atoms with E-state index in [1.165, 1.54) is 0 Å². The molecule has 106 valence electrons. The fourth-order valence-corrected chi connectivity index (χ4v) is 2.52. The summed E-state index contributed by atoms with van der Waals surface area (Å²) in [6.07, 6.45) is 5.11. The number of carbonyl (C=O) groups is 1. The number of hydrogen-bond donors (Lipinski definition) is 2. The summed E-state index contributed by atoms with van der Waals surface area (Å²) in [6.45, 7) is 0. The second-order valence-corrected chi connectivity index (χ2v) is 4.96. The Kier molecular flexibility index (Phi) is 2.83. The molecule has 2 N–H and O–H groups in total. The van der Waals surface area contributed by atoms with Crippen LogP contribution in [0.5, 0.6) is 0 Å². The molecule has 5 nitrogen and oxygen atoms in total. The van der Waals surface area contributed by atoms with Crippen LogP contribution in [-0.4, -0.2) is 20.9 Å². The quantitative estimate of drug-likeness (QED) is 0.594. The Labute approximate surface area is 126 Å². The monoisotopic (exact) mass is 288 g/mol. The molecule has 2 aromatic carbocycles. The Bertz CT molecular complexity index is 990. The van der Waals surface area contributed by atoms with Crippen molar-refractivity contribution in [3.63, 3.8) is 0 Å². The van der Waals surface area contributed by atoms with Gasteiger partial charge in [0.1, 0.15) is 0 Å². The average molecular weight is 288 g/mol. The minimum atomic E-state index is -0.145. The van der Waals surface area contributed by atoms with Gasteiger partial charge in [0.15, 0.2) is 0 Å². The molecule has 22 heavy (non-hydrogen) atoms. The zero-order chi connectivity index (χ0) is 14.9. The van der Waals surface area contributed by atoms with Crippen molar-refractivity contribution in [3.8, 4) is 0 Å². The Morgan fingerprint density at radius 1 is 1.00 bits per heavy atom. The number of H-pyrrole nitrogens is 1. The van der Waals surface area contributed by atoms with Crippen LogP contribution in [0.4, 0.5) is 5.69 Å². The fraction of sp³-hybridized carbons (Fsp3) is 0. The molecule has 0 aliphatic rings. The van der Waals surface area contributed by atoms with E-state index in [1.54, 1.807) is 12.4 Å². The summed E-state index contributed by atoms with van der Waals surface area (Å²) in [7, 11) is 0.